The summed E-state index contributed by atoms with van der Waals surface area (Å²) in [5.74, 6) is -0.0981. The molecule has 0 bridgehead atoms. The van der Waals surface area contributed by atoms with Gasteiger partial charge in [0.25, 0.3) is 5.91 Å². The highest BCUT2D eigenvalue weighted by Gasteiger charge is 2.20. The molecule has 1 fully saturated rings. The van der Waals surface area contributed by atoms with Crippen LogP contribution in [0.15, 0.2) is 72.8 Å². The molecule has 182 valence electrons. The number of halogens is 1. The molecule has 0 spiro atoms. The van der Waals surface area contributed by atoms with Crippen LogP contribution in [0.4, 0.5) is 10.1 Å². The number of methoxy groups -OCH3 is 1. The number of carbonyl (C=O) groups is 2. The van der Waals surface area contributed by atoms with Crippen LogP contribution in [0.2, 0.25) is 0 Å². The van der Waals surface area contributed by atoms with Gasteiger partial charge in [-0.05, 0) is 66.4 Å². The van der Waals surface area contributed by atoms with Gasteiger partial charge in [-0.15, -0.1) is 0 Å². The van der Waals surface area contributed by atoms with Crippen molar-refractivity contribution in [1.29, 1.82) is 0 Å². The lowest BCUT2D eigenvalue weighted by atomic mass is 10.1. The Morgan fingerprint density at radius 1 is 1.06 bits per heavy atom. The molecule has 1 heterocycles. The minimum atomic E-state index is -0.361. The second-order valence-electron chi connectivity index (χ2n) is 8.54. The molecule has 0 aromatic heterocycles. The van der Waals surface area contributed by atoms with Crippen LogP contribution in [0, 0.1) is 5.82 Å². The summed E-state index contributed by atoms with van der Waals surface area (Å²) in [5.41, 5.74) is 2.60. The Labute approximate surface area is 204 Å². The molecule has 1 saturated heterocycles. The van der Waals surface area contributed by atoms with Gasteiger partial charge in [-0.3, -0.25) is 9.59 Å². The Morgan fingerprint density at radius 3 is 2.57 bits per heavy atom. The molecule has 3 aromatic carbocycles. The maximum Gasteiger partial charge on any atom is 0.258 e. The number of hydrogen-bond donors (Lipinski definition) is 1. The fraction of sp³-hybridized carbons (Fsp3) is 0.286. The number of benzene rings is 3. The smallest absolute Gasteiger partial charge is 0.258 e. The number of rotatable bonds is 9. The van der Waals surface area contributed by atoms with E-state index in [-0.39, 0.29) is 36.7 Å². The van der Waals surface area contributed by atoms with E-state index >= 15 is 0 Å². The molecule has 7 heteroatoms. The summed E-state index contributed by atoms with van der Waals surface area (Å²) in [6.07, 6.45) is 2.33. The van der Waals surface area contributed by atoms with Crippen molar-refractivity contribution in [2.75, 3.05) is 25.2 Å². The van der Waals surface area contributed by atoms with Crippen molar-refractivity contribution in [2.24, 2.45) is 0 Å². The van der Waals surface area contributed by atoms with Crippen molar-refractivity contribution in [3.63, 3.8) is 0 Å². The highest BCUT2D eigenvalue weighted by atomic mass is 19.1. The van der Waals surface area contributed by atoms with Gasteiger partial charge in [-0.25, -0.2) is 4.39 Å². The summed E-state index contributed by atoms with van der Waals surface area (Å²) in [6, 6.07) is 20.4. The Morgan fingerprint density at radius 2 is 1.86 bits per heavy atom. The lowest BCUT2D eigenvalue weighted by Gasteiger charge is -2.24. The number of hydrogen-bond acceptors (Lipinski definition) is 4. The highest BCUT2D eigenvalue weighted by Crippen LogP contribution is 2.23. The van der Waals surface area contributed by atoms with Gasteiger partial charge in [0, 0.05) is 24.4 Å². The predicted octanol–water partition coefficient (Wildman–Crippen LogP) is 4.52. The Hall–Kier alpha value is -3.71. The van der Waals surface area contributed by atoms with E-state index in [0.717, 1.165) is 25.0 Å². The molecule has 3 aromatic rings. The minimum absolute atomic E-state index is 0.0719. The number of anilines is 1. The molecule has 0 saturated carbocycles. The summed E-state index contributed by atoms with van der Waals surface area (Å²) in [7, 11) is 1.55. The fourth-order valence-electron chi connectivity index (χ4n) is 4.08. The highest BCUT2D eigenvalue weighted by molar-refractivity contribution is 6.06. The fourth-order valence-corrected chi connectivity index (χ4v) is 4.08. The topological polar surface area (TPSA) is 67.9 Å². The second kappa shape index (κ2) is 11.6. The maximum absolute atomic E-state index is 13.8. The number of carbonyl (C=O) groups excluding carboxylic acids is 2. The molecule has 0 aliphatic carbocycles. The number of ether oxygens (including phenoxy) is 2. The molecule has 6 nitrogen and oxygen atoms in total. The molecule has 1 aliphatic rings. The lowest BCUT2D eigenvalue weighted by Crippen LogP contribution is -2.32. The molecule has 1 unspecified atom stereocenters. The molecule has 0 radical (unpaired) electrons. The van der Waals surface area contributed by atoms with Gasteiger partial charge in [-0.1, -0.05) is 30.3 Å². The van der Waals surface area contributed by atoms with Crippen molar-refractivity contribution in [3.8, 4) is 5.75 Å². The summed E-state index contributed by atoms with van der Waals surface area (Å²) in [4.78, 5) is 27.4. The first-order valence-electron chi connectivity index (χ1n) is 11.7. The minimum Gasteiger partial charge on any atom is -0.497 e. The van der Waals surface area contributed by atoms with Gasteiger partial charge in [0.1, 0.15) is 11.6 Å². The van der Waals surface area contributed by atoms with E-state index in [1.165, 1.54) is 12.1 Å². The van der Waals surface area contributed by atoms with Crippen molar-refractivity contribution in [2.45, 2.75) is 31.9 Å². The van der Waals surface area contributed by atoms with Crippen LogP contribution in [-0.2, 0) is 22.5 Å². The molecule has 1 N–H and O–H groups in total. The van der Waals surface area contributed by atoms with E-state index in [2.05, 4.69) is 5.32 Å². The van der Waals surface area contributed by atoms with E-state index in [9.17, 15) is 14.0 Å². The molecule has 1 atom stereocenters. The van der Waals surface area contributed by atoms with E-state index in [0.29, 0.717) is 29.1 Å². The second-order valence-corrected chi connectivity index (χ2v) is 8.54. The zero-order chi connectivity index (χ0) is 24.6. The van der Waals surface area contributed by atoms with Crippen molar-refractivity contribution in [1.82, 2.24) is 5.32 Å². The van der Waals surface area contributed by atoms with E-state index in [1.54, 1.807) is 60.5 Å². The summed E-state index contributed by atoms with van der Waals surface area (Å²) >= 11 is 0. The van der Waals surface area contributed by atoms with Crippen molar-refractivity contribution >= 4 is 17.5 Å². The first-order chi connectivity index (χ1) is 17.0. The van der Waals surface area contributed by atoms with E-state index in [1.807, 2.05) is 12.1 Å². The summed E-state index contributed by atoms with van der Waals surface area (Å²) in [6.45, 7) is 1.46. The number of nitrogens with one attached hydrogen (secondary N) is 1. The Kier molecular flexibility index (Phi) is 8.11. The number of amides is 2. The first-order valence-corrected chi connectivity index (χ1v) is 11.7. The van der Waals surface area contributed by atoms with Crippen molar-refractivity contribution < 1.29 is 23.5 Å². The summed E-state index contributed by atoms with van der Waals surface area (Å²) in [5, 5.41) is 2.92. The van der Waals surface area contributed by atoms with Crippen molar-refractivity contribution in [3.05, 3.63) is 95.3 Å². The van der Waals surface area contributed by atoms with Crippen LogP contribution in [0.25, 0.3) is 0 Å². The molecule has 1 aliphatic heterocycles. The zero-order valence-corrected chi connectivity index (χ0v) is 19.7. The average molecular weight is 477 g/mol. The predicted molar refractivity (Wildman–Crippen MR) is 132 cm³/mol. The lowest BCUT2D eigenvalue weighted by molar-refractivity contribution is -0.120. The third kappa shape index (κ3) is 6.67. The van der Waals surface area contributed by atoms with Gasteiger partial charge in [0.2, 0.25) is 5.91 Å². The third-order valence-corrected chi connectivity index (χ3v) is 5.96. The van der Waals surface area contributed by atoms with Crippen LogP contribution in [0.1, 0.15) is 34.3 Å². The van der Waals surface area contributed by atoms with Gasteiger partial charge in [0.05, 0.1) is 26.2 Å². The van der Waals surface area contributed by atoms with E-state index in [4.69, 9.17) is 9.47 Å². The average Bonchev–Trinajstić information content (AvgIpc) is 3.40. The Bertz CT molecular complexity index is 1160. The third-order valence-electron chi connectivity index (χ3n) is 5.96. The molecule has 35 heavy (non-hydrogen) atoms. The van der Waals surface area contributed by atoms with Crippen LogP contribution in [0.3, 0.4) is 0 Å². The van der Waals surface area contributed by atoms with Gasteiger partial charge in [0.15, 0.2) is 0 Å². The maximum atomic E-state index is 13.8. The standard InChI is InChI=1S/C28H29FN2O4/c1-34-25-8-3-6-22(17-25)28(33)31(19-21-5-2-7-23(29)15-21)24-12-10-20(11-13-24)16-27(32)30-18-26-9-4-14-35-26/h2-3,5-8,10-13,15,17,26H,4,9,14,16,18-19H2,1H3,(H,30,32). The number of nitrogens with zero attached hydrogens (tertiary/aromatic N) is 1. The SMILES string of the molecule is COc1cccc(C(=O)N(Cc2cccc(F)c2)c2ccc(CC(=O)NCC3CCCO3)cc2)c1. The first kappa shape index (κ1) is 24.4. The largest absolute Gasteiger partial charge is 0.497 e. The monoisotopic (exact) mass is 476 g/mol. The van der Waals surface area contributed by atoms with Crippen LogP contribution < -0.4 is 15.0 Å². The van der Waals surface area contributed by atoms with Gasteiger partial charge < -0.3 is 19.7 Å². The molecule has 4 rings (SSSR count). The normalized spacial score (nSPS) is 15.0. The molecular weight excluding hydrogens is 447 g/mol. The quantitative estimate of drug-likeness (QED) is 0.493. The van der Waals surface area contributed by atoms with E-state index < -0.39 is 0 Å². The van der Waals surface area contributed by atoms with Crippen LogP contribution >= 0.6 is 0 Å². The van der Waals surface area contributed by atoms with Crippen LogP contribution in [-0.4, -0.2) is 38.2 Å². The van der Waals surface area contributed by atoms with Gasteiger partial charge in [-0.2, -0.15) is 0 Å². The van der Waals surface area contributed by atoms with Gasteiger partial charge >= 0.3 is 0 Å². The zero-order valence-electron chi connectivity index (χ0n) is 19.7. The van der Waals surface area contributed by atoms with Crippen LogP contribution in [0.5, 0.6) is 5.75 Å². The Balaban J connectivity index is 1.50. The molecule has 2 amide bonds. The molecular formula is C28H29FN2O4. The summed E-state index contributed by atoms with van der Waals surface area (Å²) < 4.78 is 24.6.